The maximum absolute atomic E-state index is 13.6. The SMILES string of the molecule is O=C(Nc1ccccc1-c1cn2c(n1)SCC2)C1(c2ccccc2)CCOCC1. The van der Waals surface area contributed by atoms with Crippen LogP contribution in [-0.4, -0.2) is 34.4 Å². The van der Waals surface area contributed by atoms with Crippen LogP contribution in [0.1, 0.15) is 18.4 Å². The van der Waals surface area contributed by atoms with Gasteiger partial charge < -0.3 is 14.6 Å². The molecule has 5 nitrogen and oxygen atoms in total. The standard InChI is InChI=1S/C23H23N3O2S/c27-21(23(10-13-28-14-11-23)17-6-2-1-3-7-17)24-19-9-5-4-8-18(19)20-16-26-12-15-29-22(26)25-20/h1-9,16H,10-15H2,(H,24,27). The first-order valence-electron chi connectivity index (χ1n) is 10.0. The number of rotatable bonds is 4. The second-order valence-electron chi connectivity index (χ2n) is 7.51. The van der Waals surface area contributed by atoms with Gasteiger partial charge in [0.1, 0.15) is 0 Å². The van der Waals surface area contributed by atoms with Crippen molar-refractivity contribution >= 4 is 23.4 Å². The molecule has 3 heterocycles. The molecular formula is C23H23N3O2S. The number of aromatic nitrogens is 2. The summed E-state index contributed by atoms with van der Waals surface area (Å²) in [5, 5.41) is 4.28. The van der Waals surface area contributed by atoms with Gasteiger partial charge in [0, 0.05) is 37.3 Å². The quantitative estimate of drug-likeness (QED) is 0.701. The summed E-state index contributed by atoms with van der Waals surface area (Å²) in [5.41, 5.74) is 3.15. The average molecular weight is 406 g/mol. The fourth-order valence-electron chi connectivity index (χ4n) is 4.22. The predicted molar refractivity (Wildman–Crippen MR) is 115 cm³/mol. The van der Waals surface area contributed by atoms with Crippen molar-refractivity contribution in [3.63, 3.8) is 0 Å². The Kier molecular flexibility index (Phi) is 4.89. The van der Waals surface area contributed by atoms with Crippen LogP contribution < -0.4 is 5.32 Å². The van der Waals surface area contributed by atoms with Crippen LogP contribution in [-0.2, 0) is 21.5 Å². The molecule has 1 saturated heterocycles. The van der Waals surface area contributed by atoms with Crippen LogP contribution in [0.2, 0.25) is 0 Å². The van der Waals surface area contributed by atoms with E-state index < -0.39 is 5.41 Å². The summed E-state index contributed by atoms with van der Waals surface area (Å²) >= 11 is 1.77. The second kappa shape index (κ2) is 7.69. The molecule has 1 aromatic heterocycles. The highest BCUT2D eigenvalue weighted by molar-refractivity contribution is 7.99. The van der Waals surface area contributed by atoms with Crippen LogP contribution in [0.4, 0.5) is 5.69 Å². The van der Waals surface area contributed by atoms with E-state index in [0.29, 0.717) is 26.1 Å². The summed E-state index contributed by atoms with van der Waals surface area (Å²) in [7, 11) is 0. The smallest absolute Gasteiger partial charge is 0.235 e. The van der Waals surface area contributed by atoms with Crippen LogP contribution in [0.15, 0.2) is 66.0 Å². The molecule has 29 heavy (non-hydrogen) atoms. The van der Waals surface area contributed by atoms with Crippen LogP contribution >= 0.6 is 11.8 Å². The molecule has 2 aromatic carbocycles. The molecule has 0 saturated carbocycles. The Labute approximate surface area is 174 Å². The van der Waals surface area contributed by atoms with Gasteiger partial charge in [-0.3, -0.25) is 4.79 Å². The summed E-state index contributed by atoms with van der Waals surface area (Å²) in [4.78, 5) is 18.4. The zero-order valence-corrected chi connectivity index (χ0v) is 17.0. The van der Waals surface area contributed by atoms with Gasteiger partial charge in [-0.1, -0.05) is 60.3 Å². The zero-order valence-electron chi connectivity index (χ0n) is 16.1. The number of para-hydroxylation sites is 1. The Balaban J connectivity index is 1.48. The highest BCUT2D eigenvalue weighted by Gasteiger charge is 2.41. The Morgan fingerprint density at radius 2 is 1.83 bits per heavy atom. The molecule has 1 N–H and O–H groups in total. The fraction of sp³-hybridized carbons (Fsp3) is 0.304. The molecule has 0 unspecified atom stereocenters. The summed E-state index contributed by atoms with van der Waals surface area (Å²) < 4.78 is 7.76. The summed E-state index contributed by atoms with van der Waals surface area (Å²) in [5.74, 6) is 1.10. The molecule has 0 spiro atoms. The highest BCUT2D eigenvalue weighted by Crippen LogP contribution is 2.38. The van der Waals surface area contributed by atoms with E-state index in [9.17, 15) is 4.79 Å². The number of ether oxygens (including phenoxy) is 1. The molecule has 0 atom stereocenters. The van der Waals surface area contributed by atoms with Crippen LogP contribution in [0.5, 0.6) is 0 Å². The van der Waals surface area contributed by atoms with Crippen molar-refractivity contribution in [3.05, 3.63) is 66.4 Å². The highest BCUT2D eigenvalue weighted by atomic mass is 32.2. The lowest BCUT2D eigenvalue weighted by atomic mass is 9.73. The van der Waals surface area contributed by atoms with Crippen LogP contribution in [0.25, 0.3) is 11.3 Å². The van der Waals surface area contributed by atoms with Crippen LogP contribution in [0.3, 0.4) is 0 Å². The van der Waals surface area contributed by atoms with E-state index in [1.54, 1.807) is 11.8 Å². The maximum atomic E-state index is 13.6. The van der Waals surface area contributed by atoms with Gasteiger partial charge in [0.05, 0.1) is 16.8 Å². The number of imidazole rings is 1. The number of nitrogens with one attached hydrogen (secondary N) is 1. The zero-order chi connectivity index (χ0) is 19.7. The van der Waals surface area contributed by atoms with Gasteiger partial charge in [0.2, 0.25) is 5.91 Å². The van der Waals surface area contributed by atoms with Crippen LogP contribution in [0, 0.1) is 0 Å². The molecule has 0 radical (unpaired) electrons. The Hall–Kier alpha value is -2.57. The number of aryl methyl sites for hydroxylation is 1. The maximum Gasteiger partial charge on any atom is 0.235 e. The van der Waals surface area contributed by atoms with Crippen molar-refractivity contribution in [1.82, 2.24) is 9.55 Å². The molecule has 3 aromatic rings. The third-order valence-electron chi connectivity index (χ3n) is 5.86. The van der Waals surface area contributed by atoms with E-state index in [0.717, 1.165) is 40.0 Å². The third kappa shape index (κ3) is 3.36. The van der Waals surface area contributed by atoms with Gasteiger partial charge in [-0.2, -0.15) is 0 Å². The van der Waals surface area contributed by atoms with Gasteiger partial charge in [-0.05, 0) is 24.5 Å². The minimum atomic E-state index is -0.571. The molecule has 0 bridgehead atoms. The Bertz CT molecular complexity index is 1000. The molecular weight excluding hydrogens is 382 g/mol. The lowest BCUT2D eigenvalue weighted by Crippen LogP contribution is -2.44. The lowest BCUT2D eigenvalue weighted by Gasteiger charge is -2.36. The number of carbonyl (C=O) groups is 1. The van der Waals surface area contributed by atoms with Gasteiger partial charge >= 0.3 is 0 Å². The van der Waals surface area contributed by atoms with Crippen molar-refractivity contribution in [3.8, 4) is 11.3 Å². The van der Waals surface area contributed by atoms with E-state index in [-0.39, 0.29) is 5.91 Å². The Morgan fingerprint density at radius 1 is 1.07 bits per heavy atom. The summed E-state index contributed by atoms with van der Waals surface area (Å²) in [6.45, 7) is 2.17. The number of amides is 1. The van der Waals surface area contributed by atoms with Crippen molar-refractivity contribution in [2.24, 2.45) is 0 Å². The average Bonchev–Trinajstić information content (AvgIpc) is 3.38. The molecule has 148 valence electrons. The predicted octanol–water partition coefficient (Wildman–Crippen LogP) is 4.34. The number of hydrogen-bond donors (Lipinski definition) is 1. The van der Waals surface area contributed by atoms with Crippen molar-refractivity contribution < 1.29 is 9.53 Å². The van der Waals surface area contributed by atoms with Gasteiger partial charge in [0.15, 0.2) is 5.16 Å². The molecule has 0 aliphatic carbocycles. The monoisotopic (exact) mass is 405 g/mol. The molecule has 6 heteroatoms. The topological polar surface area (TPSA) is 56.2 Å². The summed E-state index contributed by atoms with van der Waals surface area (Å²) in [6, 6.07) is 18.0. The van der Waals surface area contributed by atoms with E-state index in [4.69, 9.17) is 9.72 Å². The molecule has 1 fully saturated rings. The van der Waals surface area contributed by atoms with Crippen molar-refractivity contribution in [2.75, 3.05) is 24.3 Å². The minimum Gasteiger partial charge on any atom is -0.381 e. The molecule has 5 rings (SSSR count). The van der Waals surface area contributed by atoms with E-state index in [1.165, 1.54) is 0 Å². The lowest BCUT2D eigenvalue weighted by molar-refractivity contribution is -0.125. The third-order valence-corrected chi connectivity index (χ3v) is 6.83. The van der Waals surface area contributed by atoms with Crippen molar-refractivity contribution in [1.29, 1.82) is 0 Å². The molecule has 2 aliphatic heterocycles. The number of nitrogens with zero attached hydrogens (tertiary/aromatic N) is 2. The number of carbonyl (C=O) groups excluding carboxylic acids is 1. The van der Waals surface area contributed by atoms with Gasteiger partial charge in [-0.15, -0.1) is 0 Å². The van der Waals surface area contributed by atoms with Gasteiger partial charge in [-0.25, -0.2) is 4.98 Å². The molecule has 1 amide bonds. The first-order valence-corrected chi connectivity index (χ1v) is 11.0. The number of fused-ring (bicyclic) bond motifs is 1. The van der Waals surface area contributed by atoms with Gasteiger partial charge in [0.25, 0.3) is 0 Å². The van der Waals surface area contributed by atoms with Crippen molar-refractivity contribution in [2.45, 2.75) is 30.0 Å². The van der Waals surface area contributed by atoms with E-state index >= 15 is 0 Å². The Morgan fingerprint density at radius 3 is 2.62 bits per heavy atom. The van der Waals surface area contributed by atoms with E-state index in [1.807, 2.05) is 54.6 Å². The number of benzene rings is 2. The first-order chi connectivity index (χ1) is 14.3. The summed E-state index contributed by atoms with van der Waals surface area (Å²) in [6.07, 6.45) is 3.45. The second-order valence-corrected chi connectivity index (χ2v) is 8.57. The molecule has 2 aliphatic rings. The number of thioether (sulfide) groups is 1. The fourth-order valence-corrected chi connectivity index (χ4v) is 5.16. The number of anilines is 1. The normalized spacial score (nSPS) is 17.7. The minimum absolute atomic E-state index is 0.0283. The largest absolute Gasteiger partial charge is 0.381 e. The number of hydrogen-bond acceptors (Lipinski definition) is 4. The first kappa shape index (κ1) is 18.5. The van der Waals surface area contributed by atoms with E-state index in [2.05, 4.69) is 16.1 Å².